The van der Waals surface area contributed by atoms with E-state index in [-0.39, 0.29) is 0 Å². The third-order valence-electron chi connectivity index (χ3n) is 5.16. The predicted octanol–water partition coefficient (Wildman–Crippen LogP) is 5.43. The van der Waals surface area contributed by atoms with E-state index in [1.807, 2.05) is 43.5 Å². The average Bonchev–Trinajstić information content (AvgIpc) is 2.94. The highest BCUT2D eigenvalue weighted by molar-refractivity contribution is 6.30. The van der Waals surface area contributed by atoms with E-state index in [9.17, 15) is 22.8 Å². The van der Waals surface area contributed by atoms with E-state index in [0.717, 1.165) is 22.5 Å². The molecule has 2 aromatic heterocycles. The van der Waals surface area contributed by atoms with Gasteiger partial charge in [-0.15, -0.1) is 0 Å². The molecule has 0 saturated heterocycles. The first-order valence-electron chi connectivity index (χ1n) is 9.17. The number of nitrogens with zero attached hydrogens (tertiary/aromatic N) is 2. The van der Waals surface area contributed by atoms with E-state index < -0.39 is 34.6 Å². The molecule has 0 bridgehead atoms. The van der Waals surface area contributed by atoms with Gasteiger partial charge >= 0.3 is 6.18 Å². The molecule has 0 radical (unpaired) electrons. The van der Waals surface area contributed by atoms with Crippen LogP contribution in [0.5, 0.6) is 0 Å². The van der Waals surface area contributed by atoms with Gasteiger partial charge in [0, 0.05) is 28.8 Å². The lowest BCUT2D eigenvalue weighted by molar-refractivity contribution is -0.138. The van der Waals surface area contributed by atoms with Gasteiger partial charge in [0.25, 0.3) is 5.56 Å². The minimum absolute atomic E-state index is 0.339. The monoisotopic (exact) mass is 436 g/mol. The predicted molar refractivity (Wildman–Crippen MR) is 110 cm³/mol. The molecule has 0 spiro atoms. The standard InChI is InChI=1S/C22H20ClF3N2O2/c1-12-5-6-17(7-13(12)2)28-14(3)8-18(15(28)4)20(29)11-27-10-16(22(24,25)26)9-19(23)21(27)30/h5-10H,11H2,1-4H3. The average molecular weight is 437 g/mol. The minimum atomic E-state index is -4.68. The summed E-state index contributed by atoms with van der Waals surface area (Å²) in [4.78, 5) is 25.0. The second-order valence-electron chi connectivity index (χ2n) is 7.32. The quantitative estimate of drug-likeness (QED) is 0.512. The molecule has 2 heterocycles. The van der Waals surface area contributed by atoms with E-state index in [4.69, 9.17) is 11.6 Å². The first kappa shape index (κ1) is 21.9. The highest BCUT2D eigenvalue weighted by Crippen LogP contribution is 2.30. The molecule has 30 heavy (non-hydrogen) atoms. The van der Waals surface area contributed by atoms with E-state index in [1.165, 1.54) is 0 Å². The second-order valence-corrected chi connectivity index (χ2v) is 7.73. The van der Waals surface area contributed by atoms with Crippen LogP contribution in [0.1, 0.15) is 38.4 Å². The summed E-state index contributed by atoms with van der Waals surface area (Å²) in [5.41, 5.74) is 2.97. The van der Waals surface area contributed by atoms with Crippen molar-refractivity contribution in [3.8, 4) is 5.69 Å². The van der Waals surface area contributed by atoms with Gasteiger partial charge in [0.15, 0.2) is 5.78 Å². The number of Topliss-reactive ketones (excluding diaryl/α,β-unsaturated/α-hetero) is 1. The summed E-state index contributed by atoms with van der Waals surface area (Å²) >= 11 is 5.67. The fourth-order valence-corrected chi connectivity index (χ4v) is 3.64. The van der Waals surface area contributed by atoms with Crippen molar-refractivity contribution in [3.05, 3.63) is 85.5 Å². The fraction of sp³-hybridized carbons (Fsp3) is 0.273. The number of halogens is 4. The number of carbonyl (C=O) groups is 1. The molecule has 4 nitrogen and oxygen atoms in total. The third-order valence-corrected chi connectivity index (χ3v) is 5.43. The number of hydrogen-bond acceptors (Lipinski definition) is 2. The van der Waals surface area contributed by atoms with Gasteiger partial charge in [-0.2, -0.15) is 13.2 Å². The van der Waals surface area contributed by atoms with E-state index in [1.54, 1.807) is 13.0 Å². The van der Waals surface area contributed by atoms with Crippen molar-refractivity contribution in [1.29, 1.82) is 0 Å². The van der Waals surface area contributed by atoms with Crippen molar-refractivity contribution in [2.75, 3.05) is 0 Å². The van der Waals surface area contributed by atoms with Crippen LogP contribution in [0.3, 0.4) is 0 Å². The molecule has 0 aliphatic carbocycles. The van der Waals surface area contributed by atoms with Gasteiger partial charge in [-0.3, -0.25) is 9.59 Å². The molecule has 3 rings (SSSR count). The smallest absolute Gasteiger partial charge is 0.318 e. The maximum Gasteiger partial charge on any atom is 0.417 e. The summed E-state index contributed by atoms with van der Waals surface area (Å²) in [6.07, 6.45) is -4.06. The Bertz CT molecular complexity index is 1210. The zero-order valence-corrected chi connectivity index (χ0v) is 17.6. The molecular weight excluding hydrogens is 417 g/mol. The molecule has 0 aliphatic rings. The molecule has 8 heteroatoms. The van der Waals surface area contributed by atoms with Gasteiger partial charge in [0.05, 0.1) is 12.1 Å². The Balaban J connectivity index is 2.01. The maximum absolute atomic E-state index is 13.0. The summed E-state index contributed by atoms with van der Waals surface area (Å²) in [7, 11) is 0. The first-order chi connectivity index (χ1) is 13.9. The van der Waals surface area contributed by atoms with E-state index in [2.05, 4.69) is 0 Å². The zero-order chi connectivity index (χ0) is 22.4. The van der Waals surface area contributed by atoms with Crippen LogP contribution in [0.25, 0.3) is 5.69 Å². The number of rotatable bonds is 4. The van der Waals surface area contributed by atoms with Crippen LogP contribution in [0.4, 0.5) is 13.2 Å². The van der Waals surface area contributed by atoms with Crippen LogP contribution in [0.2, 0.25) is 5.02 Å². The van der Waals surface area contributed by atoms with Crippen LogP contribution >= 0.6 is 11.6 Å². The van der Waals surface area contributed by atoms with Gasteiger partial charge in [0.2, 0.25) is 0 Å². The fourth-order valence-electron chi connectivity index (χ4n) is 3.42. The van der Waals surface area contributed by atoms with Crippen molar-refractivity contribution in [1.82, 2.24) is 9.13 Å². The van der Waals surface area contributed by atoms with Crippen LogP contribution in [0, 0.1) is 27.7 Å². The Hall–Kier alpha value is -2.80. The molecule has 1 aromatic carbocycles. The number of carbonyl (C=O) groups excluding carboxylic acids is 1. The Morgan fingerprint density at radius 1 is 1.03 bits per heavy atom. The Morgan fingerprint density at radius 3 is 2.30 bits per heavy atom. The molecular formula is C22H20ClF3N2O2. The number of hydrogen-bond donors (Lipinski definition) is 0. The molecule has 0 aliphatic heterocycles. The maximum atomic E-state index is 13.0. The molecule has 0 N–H and O–H groups in total. The zero-order valence-electron chi connectivity index (χ0n) is 16.9. The Morgan fingerprint density at radius 2 is 1.70 bits per heavy atom. The lowest BCUT2D eigenvalue weighted by Gasteiger charge is -2.13. The summed E-state index contributed by atoms with van der Waals surface area (Å²) in [5.74, 6) is -0.476. The number of ketones is 1. The Kier molecular flexibility index (Phi) is 5.69. The number of benzene rings is 1. The highest BCUT2D eigenvalue weighted by Gasteiger charge is 2.32. The minimum Gasteiger partial charge on any atom is -0.318 e. The summed E-state index contributed by atoms with van der Waals surface area (Å²) < 4.78 is 41.7. The van der Waals surface area contributed by atoms with Crippen molar-refractivity contribution in [2.45, 2.75) is 40.4 Å². The van der Waals surface area contributed by atoms with Gasteiger partial charge < -0.3 is 9.13 Å². The van der Waals surface area contributed by atoms with Crippen molar-refractivity contribution in [2.24, 2.45) is 0 Å². The molecule has 0 atom stereocenters. The van der Waals surface area contributed by atoms with Crippen molar-refractivity contribution in [3.63, 3.8) is 0 Å². The van der Waals surface area contributed by atoms with Gasteiger partial charge in [0.1, 0.15) is 5.02 Å². The van der Waals surface area contributed by atoms with Crippen LogP contribution in [-0.4, -0.2) is 14.9 Å². The number of pyridine rings is 1. The SMILES string of the molecule is Cc1ccc(-n2c(C)cc(C(=O)Cn3cc(C(F)(F)F)cc(Cl)c3=O)c2C)cc1C. The Labute approximate surface area is 176 Å². The highest BCUT2D eigenvalue weighted by atomic mass is 35.5. The van der Waals surface area contributed by atoms with Crippen LogP contribution in [0.15, 0.2) is 41.3 Å². The van der Waals surface area contributed by atoms with E-state index >= 15 is 0 Å². The summed E-state index contributed by atoms with van der Waals surface area (Å²) in [5, 5.41) is -0.585. The molecule has 0 unspecified atom stereocenters. The number of alkyl halides is 3. The first-order valence-corrected chi connectivity index (χ1v) is 9.55. The van der Waals surface area contributed by atoms with Gasteiger partial charge in [-0.05, 0) is 63.1 Å². The molecule has 0 saturated carbocycles. The van der Waals surface area contributed by atoms with Crippen LogP contribution in [-0.2, 0) is 12.7 Å². The lowest BCUT2D eigenvalue weighted by Crippen LogP contribution is -2.26. The van der Waals surface area contributed by atoms with Crippen molar-refractivity contribution >= 4 is 17.4 Å². The van der Waals surface area contributed by atoms with Gasteiger partial charge in [-0.25, -0.2) is 0 Å². The molecule has 3 aromatic rings. The third kappa shape index (κ3) is 4.07. The second kappa shape index (κ2) is 7.80. The topological polar surface area (TPSA) is 44.0 Å². The number of aromatic nitrogens is 2. The molecule has 158 valence electrons. The summed E-state index contributed by atoms with van der Waals surface area (Å²) in [6.45, 7) is 7.05. The van der Waals surface area contributed by atoms with Crippen molar-refractivity contribution < 1.29 is 18.0 Å². The normalized spacial score (nSPS) is 11.7. The van der Waals surface area contributed by atoms with Crippen LogP contribution < -0.4 is 5.56 Å². The van der Waals surface area contributed by atoms with Gasteiger partial charge in [-0.1, -0.05) is 17.7 Å². The van der Waals surface area contributed by atoms with E-state index in [0.29, 0.717) is 28.1 Å². The molecule has 0 amide bonds. The lowest BCUT2D eigenvalue weighted by atomic mass is 10.1. The largest absolute Gasteiger partial charge is 0.417 e. The number of aryl methyl sites for hydroxylation is 3. The summed E-state index contributed by atoms with van der Waals surface area (Å²) in [6, 6.07) is 8.16. The molecule has 0 fully saturated rings.